The van der Waals surface area contributed by atoms with Crippen LogP contribution in [0.4, 0.5) is 0 Å². The normalized spacial score (nSPS) is 11.1. The fourth-order valence-electron chi connectivity index (χ4n) is 1.92. The van der Waals surface area contributed by atoms with Crippen LogP contribution in [0.15, 0.2) is 29.4 Å². The molecule has 0 saturated carbocycles. The second-order valence-corrected chi connectivity index (χ2v) is 5.00. The molecule has 0 saturated heterocycles. The first-order valence-corrected chi connectivity index (χ1v) is 7.59. The van der Waals surface area contributed by atoms with Gasteiger partial charge in [-0.05, 0) is 43.3 Å². The minimum atomic E-state index is 0.512. The maximum atomic E-state index is 5.48. The van der Waals surface area contributed by atoms with Crippen molar-refractivity contribution in [1.29, 1.82) is 0 Å². The first-order valence-electron chi connectivity index (χ1n) is 7.18. The van der Waals surface area contributed by atoms with Gasteiger partial charge in [0.1, 0.15) is 5.75 Å². The van der Waals surface area contributed by atoms with Gasteiger partial charge < -0.3 is 4.74 Å². The largest absolute Gasteiger partial charge is 0.494 e. The van der Waals surface area contributed by atoms with Gasteiger partial charge in [-0.1, -0.05) is 25.5 Å². The number of nitrogens with zero attached hydrogens (tertiary/aromatic N) is 3. The van der Waals surface area contributed by atoms with Gasteiger partial charge in [-0.2, -0.15) is 14.9 Å². The first kappa shape index (κ1) is 15.4. The molecule has 0 bridgehead atoms. The summed E-state index contributed by atoms with van der Waals surface area (Å²) in [6.07, 6.45) is 4.80. The van der Waals surface area contributed by atoms with E-state index in [9.17, 15) is 0 Å². The number of H-pyrrole nitrogens is 1. The number of rotatable bonds is 7. The number of ether oxygens (including phenoxy) is 1. The van der Waals surface area contributed by atoms with Crippen molar-refractivity contribution < 1.29 is 4.74 Å². The molecule has 1 N–H and O–H groups in total. The van der Waals surface area contributed by atoms with Crippen molar-refractivity contribution in [2.24, 2.45) is 5.10 Å². The lowest BCUT2D eigenvalue weighted by Crippen LogP contribution is -1.99. The van der Waals surface area contributed by atoms with Crippen molar-refractivity contribution in [3.63, 3.8) is 0 Å². The van der Waals surface area contributed by atoms with Crippen molar-refractivity contribution >= 4 is 18.4 Å². The van der Waals surface area contributed by atoms with Crippen LogP contribution < -0.4 is 4.74 Å². The molecular weight excluding hydrogens is 284 g/mol. The molecule has 0 fully saturated rings. The second-order valence-electron chi connectivity index (χ2n) is 4.61. The molecule has 0 aliphatic rings. The predicted molar refractivity (Wildman–Crippen MR) is 86.6 cm³/mol. The van der Waals surface area contributed by atoms with Crippen molar-refractivity contribution in [2.75, 3.05) is 6.61 Å². The van der Waals surface area contributed by atoms with Gasteiger partial charge in [0, 0.05) is 6.42 Å². The van der Waals surface area contributed by atoms with Crippen LogP contribution in [0.25, 0.3) is 0 Å². The van der Waals surface area contributed by atoms with E-state index in [1.165, 1.54) is 0 Å². The lowest BCUT2D eigenvalue weighted by molar-refractivity contribution is 0.340. The molecule has 6 heteroatoms. The Hall–Kier alpha value is -1.95. The van der Waals surface area contributed by atoms with Crippen molar-refractivity contribution in [1.82, 2.24) is 14.9 Å². The Morgan fingerprint density at radius 2 is 2.29 bits per heavy atom. The van der Waals surface area contributed by atoms with Crippen LogP contribution in [0, 0.1) is 4.77 Å². The molecule has 0 aliphatic carbocycles. The average Bonchev–Trinajstić information content (AvgIpc) is 2.84. The van der Waals surface area contributed by atoms with Crippen LogP contribution in [0.2, 0.25) is 0 Å². The van der Waals surface area contributed by atoms with E-state index in [0.717, 1.165) is 36.4 Å². The highest BCUT2D eigenvalue weighted by Gasteiger charge is 2.03. The molecule has 1 heterocycles. The summed E-state index contributed by atoms with van der Waals surface area (Å²) in [5, 5.41) is 11.4. The highest BCUT2D eigenvalue weighted by atomic mass is 32.1. The van der Waals surface area contributed by atoms with Crippen LogP contribution in [0.5, 0.6) is 5.75 Å². The zero-order valence-corrected chi connectivity index (χ0v) is 13.2. The molecule has 0 amide bonds. The smallest absolute Gasteiger partial charge is 0.216 e. The van der Waals surface area contributed by atoms with Crippen LogP contribution in [-0.4, -0.2) is 27.7 Å². The molecule has 5 nitrogen and oxygen atoms in total. The Labute approximate surface area is 129 Å². The Morgan fingerprint density at radius 3 is 3.05 bits per heavy atom. The van der Waals surface area contributed by atoms with E-state index in [-0.39, 0.29) is 0 Å². The quantitative estimate of drug-likeness (QED) is 0.628. The summed E-state index contributed by atoms with van der Waals surface area (Å²) in [6.45, 7) is 4.76. The van der Waals surface area contributed by atoms with Gasteiger partial charge in [0.2, 0.25) is 4.77 Å². The maximum Gasteiger partial charge on any atom is 0.216 e. The molecule has 0 aliphatic heterocycles. The Bertz CT molecular complexity index is 660. The summed E-state index contributed by atoms with van der Waals surface area (Å²) in [4.78, 5) is 0. The number of hydrogen-bond acceptors (Lipinski definition) is 4. The minimum absolute atomic E-state index is 0.512. The second kappa shape index (κ2) is 7.73. The topological polar surface area (TPSA) is 55.2 Å². The van der Waals surface area contributed by atoms with Crippen LogP contribution in [0.1, 0.15) is 38.1 Å². The molecule has 21 heavy (non-hydrogen) atoms. The molecule has 0 spiro atoms. The minimum Gasteiger partial charge on any atom is -0.494 e. The first-order chi connectivity index (χ1) is 10.2. The molecule has 1 aromatic carbocycles. The number of unbranched alkanes of at least 4 members (excludes halogenated alkanes) is 1. The van der Waals surface area contributed by atoms with Crippen LogP contribution in [-0.2, 0) is 6.42 Å². The average molecular weight is 304 g/mol. The van der Waals surface area contributed by atoms with Crippen molar-refractivity contribution in [3.05, 3.63) is 40.4 Å². The zero-order chi connectivity index (χ0) is 15.1. The lowest BCUT2D eigenvalue weighted by atomic mass is 10.2. The summed E-state index contributed by atoms with van der Waals surface area (Å²) in [7, 11) is 0. The predicted octanol–water partition coefficient (Wildman–Crippen LogP) is 3.56. The van der Waals surface area contributed by atoms with Gasteiger partial charge in [0.25, 0.3) is 0 Å². The van der Waals surface area contributed by atoms with E-state index < -0.39 is 0 Å². The standard InChI is InChI=1S/C15H20N4OS/c1-3-5-9-14-17-18-15(21)19(14)16-11-12-7-6-8-13(10-12)20-4-2/h6-8,10-11H,3-5,9H2,1-2H3,(H,18,21)/b16-11-. The van der Waals surface area contributed by atoms with Crippen LogP contribution >= 0.6 is 12.2 Å². The van der Waals surface area contributed by atoms with Gasteiger partial charge >= 0.3 is 0 Å². The summed E-state index contributed by atoms with van der Waals surface area (Å²) < 4.78 is 7.67. The molecule has 2 aromatic rings. The van der Waals surface area contributed by atoms with Crippen LogP contribution in [0.3, 0.4) is 0 Å². The van der Waals surface area contributed by atoms with E-state index in [0.29, 0.717) is 11.4 Å². The third kappa shape index (κ3) is 4.26. The lowest BCUT2D eigenvalue weighted by Gasteiger charge is -2.03. The zero-order valence-electron chi connectivity index (χ0n) is 12.4. The number of hydrogen-bond donors (Lipinski definition) is 1. The summed E-state index contributed by atoms with van der Waals surface area (Å²) in [6, 6.07) is 7.79. The third-order valence-electron chi connectivity index (χ3n) is 2.96. The molecule has 112 valence electrons. The highest BCUT2D eigenvalue weighted by molar-refractivity contribution is 7.71. The highest BCUT2D eigenvalue weighted by Crippen LogP contribution is 2.12. The summed E-state index contributed by atoms with van der Waals surface area (Å²) >= 11 is 5.21. The summed E-state index contributed by atoms with van der Waals surface area (Å²) in [5.41, 5.74) is 0.963. The monoisotopic (exact) mass is 304 g/mol. The van der Waals surface area contributed by atoms with Gasteiger partial charge in [-0.25, -0.2) is 0 Å². The molecule has 0 radical (unpaired) electrons. The number of aromatic nitrogens is 3. The number of aryl methyl sites for hydroxylation is 1. The van der Waals surface area contributed by atoms with Gasteiger partial charge in [-0.3, -0.25) is 5.10 Å². The Morgan fingerprint density at radius 1 is 1.43 bits per heavy atom. The number of benzene rings is 1. The molecule has 1 aromatic heterocycles. The van der Waals surface area contributed by atoms with E-state index >= 15 is 0 Å². The molecule has 2 rings (SSSR count). The Kier molecular flexibility index (Phi) is 5.68. The van der Waals surface area contributed by atoms with E-state index in [4.69, 9.17) is 17.0 Å². The third-order valence-corrected chi connectivity index (χ3v) is 3.23. The van der Waals surface area contributed by atoms with E-state index in [2.05, 4.69) is 22.2 Å². The molecule has 0 unspecified atom stereocenters. The van der Waals surface area contributed by atoms with Gasteiger partial charge in [-0.15, -0.1) is 0 Å². The van der Waals surface area contributed by atoms with Gasteiger partial charge in [0.05, 0.1) is 12.8 Å². The van der Waals surface area contributed by atoms with Crippen molar-refractivity contribution in [2.45, 2.75) is 33.1 Å². The fraction of sp³-hybridized carbons (Fsp3) is 0.400. The van der Waals surface area contributed by atoms with E-state index in [1.54, 1.807) is 10.9 Å². The number of nitrogens with one attached hydrogen (secondary N) is 1. The van der Waals surface area contributed by atoms with E-state index in [1.807, 2.05) is 31.2 Å². The SMILES string of the molecule is CCCCc1n[nH]c(=S)n1/N=C\c1cccc(OCC)c1. The Balaban J connectivity index is 2.19. The van der Waals surface area contributed by atoms with Crippen molar-refractivity contribution in [3.8, 4) is 5.75 Å². The maximum absolute atomic E-state index is 5.48. The number of aromatic amines is 1. The van der Waals surface area contributed by atoms with Gasteiger partial charge in [0.15, 0.2) is 5.82 Å². The molecular formula is C15H20N4OS. The fourth-order valence-corrected chi connectivity index (χ4v) is 2.11. The molecule has 0 atom stereocenters. The summed E-state index contributed by atoms with van der Waals surface area (Å²) in [5.74, 6) is 1.70.